The molecule has 1 saturated heterocycles. The number of esters is 3. The number of carbonyl (C=O) groups is 5. The van der Waals surface area contributed by atoms with E-state index in [-0.39, 0.29) is 35.5 Å². The fourth-order valence-corrected chi connectivity index (χ4v) is 9.51. The van der Waals surface area contributed by atoms with Gasteiger partial charge in [-0.25, -0.2) is 9.59 Å². The van der Waals surface area contributed by atoms with Crippen LogP contribution in [0.4, 0.5) is 0 Å². The second-order valence-electron chi connectivity index (χ2n) is 17.3. The Bertz CT molecular complexity index is 1920. The Morgan fingerprint density at radius 3 is 2.21 bits per heavy atom. The summed E-state index contributed by atoms with van der Waals surface area (Å²) < 4.78 is 29.2. The van der Waals surface area contributed by atoms with E-state index in [9.17, 15) is 44.4 Å². The molecule has 304 valence electrons. The number of nitrogens with one attached hydrogen (secondary N) is 1. The number of carbonyl (C=O) groups excluding carboxylic acids is 5. The second kappa shape index (κ2) is 14.2. The summed E-state index contributed by atoms with van der Waals surface area (Å²) in [6, 6.07) is 9.56. The summed E-state index contributed by atoms with van der Waals surface area (Å²) >= 11 is 0. The van der Waals surface area contributed by atoms with E-state index >= 15 is 0 Å². The highest BCUT2D eigenvalue weighted by Gasteiger charge is 2.78. The van der Waals surface area contributed by atoms with Gasteiger partial charge in [-0.3, -0.25) is 14.4 Å². The molecule has 3 aliphatic carbocycles. The molecule has 56 heavy (non-hydrogen) atoms. The van der Waals surface area contributed by atoms with Gasteiger partial charge in [0.2, 0.25) is 0 Å². The molecule has 1 aromatic carbocycles. The molecule has 1 aromatic heterocycles. The summed E-state index contributed by atoms with van der Waals surface area (Å²) in [4.78, 5) is 68.7. The maximum absolute atomic E-state index is 14.9. The number of aliphatic hydroxyl groups is 4. The number of benzene rings is 1. The number of ether oxygens (including phenoxy) is 4. The van der Waals surface area contributed by atoms with Crippen molar-refractivity contribution in [2.45, 2.75) is 122 Å². The maximum atomic E-state index is 14.9. The SMILES string of the molecule is CC(=O)O[C@@]12CO[C@@H]1C[C@H](O)[C@@]1(C)C(=O)[C@H](O)C3=C(C)[C@@H](OC(=O)[C@H](O)[C@@H](NC(=O)c4ccco4)C(C)(C)C)C[C@@](O)([C@@H](OC(=O)c4ccccc4)[C@H]21)C3(C)C. The zero-order valence-corrected chi connectivity index (χ0v) is 32.7. The Balaban J connectivity index is 1.49. The number of ketones is 1. The van der Waals surface area contributed by atoms with Crippen molar-refractivity contribution in [3.05, 3.63) is 71.2 Å². The minimum Gasteiger partial charge on any atom is -0.459 e. The maximum Gasteiger partial charge on any atom is 0.338 e. The van der Waals surface area contributed by atoms with Crippen LogP contribution >= 0.6 is 0 Å². The van der Waals surface area contributed by atoms with E-state index in [1.807, 2.05) is 0 Å². The Kier molecular flexibility index (Phi) is 10.5. The summed E-state index contributed by atoms with van der Waals surface area (Å²) in [7, 11) is 0. The van der Waals surface area contributed by atoms with Gasteiger partial charge in [0, 0.05) is 25.2 Å². The molecule has 0 radical (unpaired) electrons. The fourth-order valence-electron chi connectivity index (χ4n) is 9.51. The molecule has 2 bridgehead atoms. The third-order valence-electron chi connectivity index (χ3n) is 12.7. The minimum absolute atomic E-state index is 0.0526. The van der Waals surface area contributed by atoms with Crippen LogP contribution in [0.25, 0.3) is 0 Å². The largest absolute Gasteiger partial charge is 0.459 e. The van der Waals surface area contributed by atoms with Crippen LogP contribution < -0.4 is 5.32 Å². The van der Waals surface area contributed by atoms with Crippen LogP contribution in [0.1, 0.15) is 89.1 Å². The highest BCUT2D eigenvalue weighted by atomic mass is 16.6. The number of furan rings is 1. The standard InChI is InChI=1S/C41H51NO14/c1-20-24(54-36(50)29(46)31(37(3,4)5)42-34(48)23-15-12-16-52-23)18-41(51)33(55-35(49)22-13-10-9-11-14-22)30-39(8,32(47)28(45)27(20)38(41,6)7)25(44)17-26-40(30,19-53-26)56-21(2)43/h9-16,24-26,28-31,33,44-46,51H,17-19H2,1-8H3,(H,42,48)/t24-,25-,26+,28+,29+,30-,31+,33-,39+,40-,41+/m0/s1. The first-order valence-electron chi connectivity index (χ1n) is 18.7. The second-order valence-corrected chi connectivity index (χ2v) is 17.3. The molecule has 2 saturated carbocycles. The monoisotopic (exact) mass is 781 g/mol. The number of amides is 1. The lowest BCUT2D eigenvalue weighted by molar-refractivity contribution is -0.346. The number of aliphatic hydroxyl groups excluding tert-OH is 3. The molecule has 2 heterocycles. The molecule has 4 aliphatic rings. The van der Waals surface area contributed by atoms with Crippen molar-refractivity contribution >= 4 is 29.6 Å². The van der Waals surface area contributed by atoms with Crippen LogP contribution in [-0.2, 0) is 33.3 Å². The number of hydrogen-bond donors (Lipinski definition) is 5. The minimum atomic E-state index is -2.34. The zero-order chi connectivity index (χ0) is 41.3. The predicted molar refractivity (Wildman–Crippen MR) is 194 cm³/mol. The smallest absolute Gasteiger partial charge is 0.338 e. The molecule has 6 rings (SSSR count). The lowest BCUT2D eigenvalue weighted by atomic mass is 9.44. The Hall–Kier alpha value is -4.41. The molecule has 5 N–H and O–H groups in total. The molecule has 1 aliphatic heterocycles. The Morgan fingerprint density at radius 1 is 1.00 bits per heavy atom. The Morgan fingerprint density at radius 2 is 1.66 bits per heavy atom. The first kappa shape index (κ1) is 41.2. The van der Waals surface area contributed by atoms with E-state index in [1.165, 1.54) is 44.4 Å². The topological polar surface area (TPSA) is 228 Å². The predicted octanol–water partition coefficient (Wildman–Crippen LogP) is 2.43. The fraction of sp³-hybridized carbons (Fsp3) is 0.585. The number of hydrogen-bond acceptors (Lipinski definition) is 14. The molecular formula is C41H51NO14. The molecule has 0 spiro atoms. The summed E-state index contributed by atoms with van der Waals surface area (Å²) in [5.41, 5.74) is -8.38. The van der Waals surface area contributed by atoms with Crippen LogP contribution in [0.3, 0.4) is 0 Å². The van der Waals surface area contributed by atoms with Crippen molar-refractivity contribution < 1.29 is 67.8 Å². The van der Waals surface area contributed by atoms with Crippen molar-refractivity contribution in [1.29, 1.82) is 0 Å². The first-order valence-corrected chi connectivity index (χ1v) is 18.7. The van der Waals surface area contributed by atoms with Crippen molar-refractivity contribution in [2.24, 2.45) is 22.2 Å². The van der Waals surface area contributed by atoms with Gasteiger partial charge in [-0.2, -0.15) is 0 Å². The van der Waals surface area contributed by atoms with Gasteiger partial charge in [0.1, 0.15) is 30.0 Å². The van der Waals surface area contributed by atoms with Gasteiger partial charge < -0.3 is 49.1 Å². The molecule has 2 aromatic rings. The van der Waals surface area contributed by atoms with Gasteiger partial charge in [0.15, 0.2) is 23.2 Å². The molecule has 11 atom stereocenters. The van der Waals surface area contributed by atoms with Gasteiger partial charge in [-0.15, -0.1) is 0 Å². The molecular weight excluding hydrogens is 730 g/mol. The van der Waals surface area contributed by atoms with Gasteiger partial charge in [-0.05, 0) is 54.7 Å². The average Bonchev–Trinajstić information content (AvgIpc) is 3.67. The van der Waals surface area contributed by atoms with E-state index in [2.05, 4.69) is 5.32 Å². The quantitative estimate of drug-likeness (QED) is 0.147. The normalized spacial score (nSPS) is 34.6. The lowest BCUT2D eigenvalue weighted by Gasteiger charge is -2.67. The van der Waals surface area contributed by atoms with Gasteiger partial charge in [0.05, 0.1) is 41.9 Å². The highest BCUT2D eigenvalue weighted by molar-refractivity contribution is 5.94. The zero-order valence-electron chi connectivity index (χ0n) is 32.7. The van der Waals surface area contributed by atoms with Crippen LogP contribution in [0, 0.1) is 22.2 Å². The average molecular weight is 782 g/mol. The van der Waals surface area contributed by atoms with Crippen LogP contribution in [0.2, 0.25) is 0 Å². The summed E-state index contributed by atoms with van der Waals surface area (Å²) in [5, 5.41) is 51.5. The van der Waals surface area contributed by atoms with Crippen molar-refractivity contribution in [2.75, 3.05) is 6.61 Å². The van der Waals surface area contributed by atoms with Crippen LogP contribution in [-0.4, -0.2) is 110 Å². The van der Waals surface area contributed by atoms with Crippen LogP contribution in [0.15, 0.2) is 64.3 Å². The number of rotatable bonds is 8. The van der Waals surface area contributed by atoms with Gasteiger partial charge in [0.25, 0.3) is 5.91 Å². The highest BCUT2D eigenvalue weighted by Crippen LogP contribution is 2.64. The van der Waals surface area contributed by atoms with E-state index in [4.69, 9.17) is 23.4 Å². The van der Waals surface area contributed by atoms with E-state index in [0.29, 0.717) is 0 Å². The number of fused-ring (bicyclic) bond motifs is 5. The Labute approximate surface area is 324 Å². The third-order valence-corrected chi connectivity index (χ3v) is 12.7. The molecule has 15 heteroatoms. The van der Waals surface area contributed by atoms with Crippen molar-refractivity contribution in [1.82, 2.24) is 5.32 Å². The van der Waals surface area contributed by atoms with E-state index in [1.54, 1.807) is 52.8 Å². The van der Waals surface area contributed by atoms with E-state index in [0.717, 1.165) is 6.92 Å². The van der Waals surface area contributed by atoms with Crippen LogP contribution in [0.5, 0.6) is 0 Å². The molecule has 3 fully saturated rings. The molecule has 1 amide bonds. The first-order chi connectivity index (χ1) is 26.0. The summed E-state index contributed by atoms with van der Waals surface area (Å²) in [6.07, 6.45) is -9.09. The van der Waals surface area contributed by atoms with Crippen molar-refractivity contribution in [3.63, 3.8) is 0 Å². The van der Waals surface area contributed by atoms with Gasteiger partial charge in [-0.1, -0.05) is 52.8 Å². The summed E-state index contributed by atoms with van der Waals surface area (Å²) in [5.74, 6) is -6.05. The molecule has 0 unspecified atom stereocenters. The van der Waals surface area contributed by atoms with Crippen molar-refractivity contribution in [3.8, 4) is 0 Å². The lowest BCUT2D eigenvalue weighted by Crippen LogP contribution is -2.81. The number of Topliss-reactive ketones (excluding diaryl/α,β-unsaturated/α-hetero) is 1. The third kappa shape index (κ3) is 6.37. The molecule has 15 nitrogen and oxygen atoms in total. The van der Waals surface area contributed by atoms with E-state index < -0.39 is 112 Å². The van der Waals surface area contributed by atoms with Gasteiger partial charge >= 0.3 is 17.9 Å². The summed E-state index contributed by atoms with van der Waals surface area (Å²) in [6.45, 7) is 11.9.